The molecule has 0 atom stereocenters. The van der Waals surface area contributed by atoms with E-state index >= 15 is 0 Å². The fourth-order valence-corrected chi connectivity index (χ4v) is 0.726. The molecule has 1 rings (SSSR count). The molecular weight excluding hydrogens is 179 g/mol. The summed E-state index contributed by atoms with van der Waals surface area (Å²) in [4.78, 5) is 2.08. The summed E-state index contributed by atoms with van der Waals surface area (Å²) >= 11 is 0. The third-order valence-corrected chi connectivity index (χ3v) is 1.27. The average molecular weight is 191 g/mol. The molecule has 0 N–H and O–H groups in total. The lowest BCUT2D eigenvalue weighted by atomic mass is 10.3. The molecule has 0 bridgehead atoms. The second kappa shape index (κ2) is 6.34. The topological polar surface area (TPSA) is 3.24 Å². The molecule has 1 nitrogen and oxygen atoms in total. The summed E-state index contributed by atoms with van der Waals surface area (Å²) in [6.45, 7) is -3.67. The van der Waals surface area contributed by atoms with E-state index in [0.717, 1.165) is 0 Å². The predicted octanol–water partition coefficient (Wildman–Crippen LogP) is 2.93. The van der Waals surface area contributed by atoms with Gasteiger partial charge in [0.05, 0.1) is 0 Å². The SMILES string of the molecule is CN(C)c1ccccc1.FC(F)F. The second-order valence-corrected chi connectivity index (χ2v) is 2.48. The number of rotatable bonds is 1. The Balaban J connectivity index is 0.000000310. The fraction of sp³-hybridized carbons (Fsp3) is 0.333. The third-order valence-electron chi connectivity index (χ3n) is 1.27. The summed E-state index contributed by atoms with van der Waals surface area (Å²) < 4.78 is 29.0. The van der Waals surface area contributed by atoms with Gasteiger partial charge in [-0.05, 0) is 12.1 Å². The molecule has 1 aromatic carbocycles. The van der Waals surface area contributed by atoms with Gasteiger partial charge in [0.25, 0.3) is 0 Å². The van der Waals surface area contributed by atoms with Crippen LogP contribution in [0, 0.1) is 0 Å². The number of anilines is 1. The Hall–Kier alpha value is -1.19. The minimum atomic E-state index is -3.67. The van der Waals surface area contributed by atoms with E-state index in [1.54, 1.807) is 0 Å². The molecule has 0 amide bonds. The molecule has 0 spiro atoms. The normalized spacial score (nSPS) is 9.08. The van der Waals surface area contributed by atoms with E-state index in [4.69, 9.17) is 0 Å². The zero-order valence-corrected chi connectivity index (χ0v) is 7.55. The predicted molar refractivity (Wildman–Crippen MR) is 47.9 cm³/mol. The number of halogens is 3. The van der Waals surface area contributed by atoms with Crippen molar-refractivity contribution in [3.8, 4) is 0 Å². The Morgan fingerprint density at radius 1 is 1.00 bits per heavy atom. The third kappa shape index (κ3) is 7.18. The van der Waals surface area contributed by atoms with Crippen molar-refractivity contribution in [2.75, 3.05) is 19.0 Å². The van der Waals surface area contributed by atoms with Crippen LogP contribution in [-0.4, -0.2) is 20.8 Å². The van der Waals surface area contributed by atoms with Gasteiger partial charge in [-0.2, -0.15) is 13.2 Å². The van der Waals surface area contributed by atoms with Crippen LogP contribution in [0.2, 0.25) is 0 Å². The zero-order chi connectivity index (χ0) is 10.3. The smallest absolute Gasteiger partial charge is 0.378 e. The number of hydrogen-bond acceptors (Lipinski definition) is 1. The number of para-hydroxylation sites is 1. The average Bonchev–Trinajstić information content (AvgIpc) is 2.05. The van der Waals surface area contributed by atoms with Crippen molar-refractivity contribution in [3.05, 3.63) is 30.3 Å². The summed E-state index contributed by atoms with van der Waals surface area (Å²) in [6.07, 6.45) is 0. The number of hydrogen-bond donors (Lipinski definition) is 0. The van der Waals surface area contributed by atoms with Crippen molar-refractivity contribution >= 4 is 5.69 Å². The van der Waals surface area contributed by atoms with Crippen LogP contribution < -0.4 is 4.90 Å². The highest BCUT2D eigenvalue weighted by Crippen LogP contribution is 2.07. The first kappa shape index (κ1) is 11.8. The first-order chi connectivity index (χ1) is 6.04. The van der Waals surface area contributed by atoms with Gasteiger partial charge in [0, 0.05) is 19.8 Å². The van der Waals surface area contributed by atoms with Crippen molar-refractivity contribution in [2.24, 2.45) is 0 Å². The maximum Gasteiger partial charge on any atom is 0.379 e. The second-order valence-electron chi connectivity index (χ2n) is 2.48. The maximum absolute atomic E-state index is 9.67. The molecule has 1 aromatic rings. The molecule has 4 heteroatoms. The van der Waals surface area contributed by atoms with Crippen LogP contribution in [0.5, 0.6) is 0 Å². The Morgan fingerprint density at radius 2 is 1.38 bits per heavy atom. The van der Waals surface area contributed by atoms with Crippen LogP contribution in [0.25, 0.3) is 0 Å². The Kier molecular flexibility index (Phi) is 5.76. The molecule has 0 radical (unpaired) electrons. The Labute approximate surface area is 75.8 Å². The number of nitrogens with zero attached hydrogens (tertiary/aromatic N) is 1. The van der Waals surface area contributed by atoms with Crippen LogP contribution in [-0.2, 0) is 0 Å². The molecule has 0 saturated carbocycles. The Bertz CT molecular complexity index is 209. The largest absolute Gasteiger partial charge is 0.379 e. The van der Waals surface area contributed by atoms with Gasteiger partial charge in [-0.25, -0.2) is 0 Å². The van der Waals surface area contributed by atoms with Crippen molar-refractivity contribution in [3.63, 3.8) is 0 Å². The van der Waals surface area contributed by atoms with Crippen LogP contribution in [0.1, 0.15) is 0 Å². The van der Waals surface area contributed by atoms with Crippen molar-refractivity contribution in [1.29, 1.82) is 0 Å². The van der Waals surface area contributed by atoms with Crippen LogP contribution in [0.4, 0.5) is 18.9 Å². The highest BCUT2D eigenvalue weighted by atomic mass is 19.4. The van der Waals surface area contributed by atoms with Crippen molar-refractivity contribution in [2.45, 2.75) is 6.68 Å². The maximum atomic E-state index is 9.67. The lowest BCUT2D eigenvalue weighted by molar-refractivity contribution is 0.00819. The molecule has 13 heavy (non-hydrogen) atoms. The van der Waals surface area contributed by atoms with E-state index in [2.05, 4.69) is 17.0 Å². The number of alkyl halides is 3. The van der Waals surface area contributed by atoms with Crippen LogP contribution in [0.15, 0.2) is 30.3 Å². The van der Waals surface area contributed by atoms with Gasteiger partial charge in [-0.15, -0.1) is 0 Å². The molecule has 0 heterocycles. The van der Waals surface area contributed by atoms with Gasteiger partial charge in [0.2, 0.25) is 0 Å². The van der Waals surface area contributed by atoms with E-state index < -0.39 is 6.68 Å². The lowest BCUT2D eigenvalue weighted by Gasteiger charge is -2.10. The minimum Gasteiger partial charge on any atom is -0.378 e. The quantitative estimate of drug-likeness (QED) is 0.659. The molecule has 0 aliphatic carbocycles. The molecule has 0 aliphatic rings. The molecule has 0 fully saturated rings. The first-order valence-electron chi connectivity index (χ1n) is 3.68. The lowest BCUT2D eigenvalue weighted by Crippen LogP contribution is -2.07. The van der Waals surface area contributed by atoms with Gasteiger partial charge in [-0.3, -0.25) is 0 Å². The monoisotopic (exact) mass is 191 g/mol. The fourth-order valence-electron chi connectivity index (χ4n) is 0.726. The van der Waals surface area contributed by atoms with E-state index in [1.807, 2.05) is 32.3 Å². The van der Waals surface area contributed by atoms with Gasteiger partial charge in [0.15, 0.2) is 0 Å². The summed E-state index contributed by atoms with van der Waals surface area (Å²) in [5.74, 6) is 0. The van der Waals surface area contributed by atoms with Gasteiger partial charge < -0.3 is 4.90 Å². The highest BCUT2D eigenvalue weighted by molar-refractivity contribution is 5.43. The number of benzene rings is 1. The summed E-state index contributed by atoms with van der Waals surface area (Å²) in [5.41, 5.74) is 1.25. The molecule has 74 valence electrons. The van der Waals surface area contributed by atoms with Crippen LogP contribution >= 0.6 is 0 Å². The van der Waals surface area contributed by atoms with Gasteiger partial charge in [0.1, 0.15) is 0 Å². The van der Waals surface area contributed by atoms with E-state index in [-0.39, 0.29) is 0 Å². The molecular formula is C9H12F3N. The standard InChI is InChI=1S/C8H11N.CHF3/c1-9(2)8-6-4-3-5-7-8;2-1(3)4/h3-7H,1-2H3;1H. The molecule has 0 aliphatic heterocycles. The van der Waals surface area contributed by atoms with Crippen molar-refractivity contribution < 1.29 is 13.2 Å². The minimum absolute atomic E-state index is 1.25. The Morgan fingerprint density at radius 3 is 1.62 bits per heavy atom. The summed E-state index contributed by atoms with van der Waals surface area (Å²) in [6, 6.07) is 10.3. The van der Waals surface area contributed by atoms with E-state index in [1.165, 1.54) is 5.69 Å². The highest BCUT2D eigenvalue weighted by Gasteiger charge is 1.87. The summed E-state index contributed by atoms with van der Waals surface area (Å²) in [5, 5.41) is 0. The first-order valence-corrected chi connectivity index (χ1v) is 3.68. The van der Waals surface area contributed by atoms with Crippen molar-refractivity contribution in [1.82, 2.24) is 0 Å². The molecule has 0 unspecified atom stereocenters. The molecule has 0 aromatic heterocycles. The van der Waals surface area contributed by atoms with Gasteiger partial charge in [-0.1, -0.05) is 18.2 Å². The summed E-state index contributed by atoms with van der Waals surface area (Å²) in [7, 11) is 4.07. The zero-order valence-electron chi connectivity index (χ0n) is 7.55. The molecule has 0 saturated heterocycles. The van der Waals surface area contributed by atoms with E-state index in [0.29, 0.717) is 0 Å². The van der Waals surface area contributed by atoms with Gasteiger partial charge >= 0.3 is 6.68 Å². The van der Waals surface area contributed by atoms with Crippen LogP contribution in [0.3, 0.4) is 0 Å². The van der Waals surface area contributed by atoms with E-state index in [9.17, 15) is 13.2 Å².